The van der Waals surface area contributed by atoms with Crippen LogP contribution in [-0.4, -0.2) is 28.6 Å². The highest BCUT2D eigenvalue weighted by molar-refractivity contribution is 5.79. The van der Waals surface area contributed by atoms with Crippen LogP contribution >= 0.6 is 0 Å². The Morgan fingerprint density at radius 2 is 2.17 bits per heavy atom. The lowest BCUT2D eigenvalue weighted by Gasteiger charge is -2.13. The Labute approximate surface area is 136 Å². The maximum absolute atomic E-state index is 12.8. The molecule has 0 bridgehead atoms. The zero-order valence-corrected chi connectivity index (χ0v) is 13.8. The first-order chi connectivity index (χ1) is 11.2. The van der Waals surface area contributed by atoms with E-state index in [-0.39, 0.29) is 12.4 Å². The normalized spacial score (nSPS) is 16.3. The van der Waals surface area contributed by atoms with E-state index in [4.69, 9.17) is 0 Å². The molecule has 1 aliphatic carbocycles. The summed E-state index contributed by atoms with van der Waals surface area (Å²) < 4.78 is 26.4. The van der Waals surface area contributed by atoms with E-state index in [9.17, 15) is 8.78 Å². The molecule has 130 valence electrons. The molecule has 1 heterocycles. The summed E-state index contributed by atoms with van der Waals surface area (Å²) in [6, 6.07) is 0. The zero-order valence-electron chi connectivity index (χ0n) is 13.8. The summed E-state index contributed by atoms with van der Waals surface area (Å²) in [7, 11) is 0. The van der Waals surface area contributed by atoms with Crippen LogP contribution in [0, 0.1) is 5.92 Å². The average molecular weight is 327 g/mol. The molecule has 0 radical (unpaired) electrons. The number of guanidine groups is 1. The van der Waals surface area contributed by atoms with E-state index in [1.165, 1.54) is 44.5 Å². The van der Waals surface area contributed by atoms with Crippen LogP contribution in [-0.2, 0) is 6.54 Å². The number of nitrogens with zero attached hydrogens (tertiary/aromatic N) is 3. The first kappa shape index (κ1) is 17.7. The lowest BCUT2D eigenvalue weighted by Crippen LogP contribution is -2.37. The molecule has 2 N–H and O–H groups in total. The Balaban J connectivity index is 1.78. The second kappa shape index (κ2) is 9.47. The van der Waals surface area contributed by atoms with Gasteiger partial charge < -0.3 is 10.6 Å². The molecule has 5 nitrogen and oxygen atoms in total. The minimum Gasteiger partial charge on any atom is -0.357 e. The van der Waals surface area contributed by atoms with Gasteiger partial charge in [-0.2, -0.15) is 8.78 Å². The van der Waals surface area contributed by atoms with Crippen molar-refractivity contribution in [2.24, 2.45) is 10.9 Å². The van der Waals surface area contributed by atoms with E-state index >= 15 is 0 Å². The number of aromatic nitrogens is 2. The first-order valence-corrected chi connectivity index (χ1v) is 8.52. The molecular formula is C16H27F2N5. The van der Waals surface area contributed by atoms with E-state index in [0.29, 0.717) is 5.96 Å². The zero-order chi connectivity index (χ0) is 16.5. The monoisotopic (exact) mass is 327 g/mol. The minimum absolute atomic E-state index is 0.134. The molecule has 0 aromatic carbocycles. The molecule has 1 aliphatic rings. The van der Waals surface area contributed by atoms with Gasteiger partial charge in [-0.3, -0.25) is 4.57 Å². The van der Waals surface area contributed by atoms with Crippen LogP contribution in [0.1, 0.15) is 57.8 Å². The van der Waals surface area contributed by atoms with E-state index in [1.807, 2.05) is 6.92 Å². The van der Waals surface area contributed by atoms with Crippen molar-refractivity contribution in [1.29, 1.82) is 0 Å². The standard InChI is InChI=1S/C16H27F2N5/c1-2-19-16(21-9-5-8-13-6-3-4-7-13)22-12-14-20-10-11-23(14)15(17)18/h10-11,13,15H,2-9,12H2,1H3,(H2,19,21,22). The van der Waals surface area contributed by atoms with Crippen molar-refractivity contribution >= 4 is 5.96 Å². The van der Waals surface area contributed by atoms with E-state index in [1.54, 1.807) is 0 Å². The summed E-state index contributed by atoms with van der Waals surface area (Å²) in [6.07, 6.45) is 10.5. The molecule has 0 saturated heterocycles. The molecular weight excluding hydrogens is 300 g/mol. The largest absolute Gasteiger partial charge is 0.357 e. The number of imidazole rings is 1. The van der Waals surface area contributed by atoms with Gasteiger partial charge in [0.05, 0.1) is 0 Å². The van der Waals surface area contributed by atoms with Gasteiger partial charge in [-0.25, -0.2) is 9.98 Å². The van der Waals surface area contributed by atoms with Gasteiger partial charge in [-0.05, 0) is 25.7 Å². The third-order valence-corrected chi connectivity index (χ3v) is 4.24. The first-order valence-electron chi connectivity index (χ1n) is 8.52. The number of aliphatic imine (C=N–C) groups is 1. The van der Waals surface area contributed by atoms with Gasteiger partial charge >= 0.3 is 6.55 Å². The van der Waals surface area contributed by atoms with Crippen molar-refractivity contribution in [3.63, 3.8) is 0 Å². The van der Waals surface area contributed by atoms with Crippen LogP contribution in [0.25, 0.3) is 0 Å². The molecule has 1 aromatic rings. The summed E-state index contributed by atoms with van der Waals surface area (Å²) in [5.74, 6) is 1.81. The fourth-order valence-corrected chi connectivity index (χ4v) is 3.03. The Morgan fingerprint density at radius 1 is 1.39 bits per heavy atom. The van der Waals surface area contributed by atoms with E-state index < -0.39 is 6.55 Å². The summed E-state index contributed by atoms with van der Waals surface area (Å²) in [4.78, 5) is 8.28. The minimum atomic E-state index is -2.58. The van der Waals surface area contributed by atoms with Crippen LogP contribution in [0.4, 0.5) is 8.78 Å². The molecule has 1 saturated carbocycles. The van der Waals surface area contributed by atoms with E-state index in [0.717, 1.165) is 30.0 Å². The summed E-state index contributed by atoms with van der Waals surface area (Å²) >= 11 is 0. The quantitative estimate of drug-likeness (QED) is 0.437. The van der Waals surface area contributed by atoms with E-state index in [2.05, 4.69) is 20.6 Å². The lowest BCUT2D eigenvalue weighted by atomic mass is 10.0. The van der Waals surface area contributed by atoms with Crippen LogP contribution in [0.15, 0.2) is 17.4 Å². The second-order valence-corrected chi connectivity index (χ2v) is 5.94. The molecule has 7 heteroatoms. The third kappa shape index (κ3) is 5.80. The molecule has 0 spiro atoms. The van der Waals surface area contributed by atoms with Crippen molar-refractivity contribution in [2.75, 3.05) is 13.1 Å². The molecule has 2 rings (SSSR count). The second-order valence-electron chi connectivity index (χ2n) is 5.94. The molecule has 0 unspecified atom stereocenters. The van der Waals surface area contributed by atoms with Gasteiger partial charge in [0, 0.05) is 25.5 Å². The SMILES string of the molecule is CCNC(=NCc1nccn1C(F)F)NCCCC1CCCC1. The van der Waals surface area contributed by atoms with Gasteiger partial charge in [0.1, 0.15) is 12.4 Å². The van der Waals surface area contributed by atoms with Crippen molar-refractivity contribution in [3.8, 4) is 0 Å². The Kier molecular flexibility index (Phi) is 7.29. The van der Waals surface area contributed by atoms with Crippen molar-refractivity contribution < 1.29 is 8.78 Å². The topological polar surface area (TPSA) is 54.2 Å². The van der Waals surface area contributed by atoms with Crippen LogP contribution in [0.2, 0.25) is 0 Å². The molecule has 0 aliphatic heterocycles. The highest BCUT2D eigenvalue weighted by atomic mass is 19.3. The maximum atomic E-state index is 12.8. The third-order valence-electron chi connectivity index (χ3n) is 4.24. The molecule has 23 heavy (non-hydrogen) atoms. The smallest absolute Gasteiger partial charge is 0.319 e. The number of halogens is 2. The number of nitrogens with one attached hydrogen (secondary N) is 2. The Bertz CT molecular complexity index is 481. The van der Waals surface area contributed by atoms with Gasteiger partial charge in [0.2, 0.25) is 0 Å². The highest BCUT2D eigenvalue weighted by Crippen LogP contribution is 2.28. The van der Waals surface area contributed by atoms with Crippen LogP contribution < -0.4 is 10.6 Å². The predicted octanol–water partition coefficient (Wildman–Crippen LogP) is 3.30. The van der Waals surface area contributed by atoms with Gasteiger partial charge in [0.15, 0.2) is 5.96 Å². The van der Waals surface area contributed by atoms with Crippen molar-refractivity contribution in [3.05, 3.63) is 18.2 Å². The number of hydrogen-bond donors (Lipinski definition) is 2. The van der Waals surface area contributed by atoms with Crippen LogP contribution in [0.3, 0.4) is 0 Å². The maximum Gasteiger partial charge on any atom is 0.319 e. The fourth-order valence-electron chi connectivity index (χ4n) is 3.03. The summed E-state index contributed by atoms with van der Waals surface area (Å²) in [5.41, 5.74) is 0. The van der Waals surface area contributed by atoms with Crippen LogP contribution in [0.5, 0.6) is 0 Å². The van der Waals surface area contributed by atoms with Crippen molar-refractivity contribution in [2.45, 2.75) is 58.5 Å². The Morgan fingerprint density at radius 3 is 2.87 bits per heavy atom. The average Bonchev–Trinajstić information content (AvgIpc) is 3.20. The van der Waals surface area contributed by atoms with Gasteiger partial charge in [-0.1, -0.05) is 25.7 Å². The lowest BCUT2D eigenvalue weighted by molar-refractivity contribution is 0.0671. The predicted molar refractivity (Wildman–Crippen MR) is 87.5 cm³/mol. The molecule has 0 atom stereocenters. The van der Waals surface area contributed by atoms with Gasteiger partial charge in [0.25, 0.3) is 0 Å². The van der Waals surface area contributed by atoms with Crippen molar-refractivity contribution in [1.82, 2.24) is 20.2 Å². The fraction of sp³-hybridized carbons (Fsp3) is 0.750. The number of hydrogen-bond acceptors (Lipinski definition) is 2. The summed E-state index contributed by atoms with van der Waals surface area (Å²) in [6.45, 7) is 1.12. The Hall–Kier alpha value is -1.66. The number of rotatable bonds is 8. The molecule has 1 fully saturated rings. The molecule has 0 amide bonds. The molecule has 1 aromatic heterocycles. The number of alkyl halides is 2. The van der Waals surface area contributed by atoms with Gasteiger partial charge in [-0.15, -0.1) is 0 Å². The summed E-state index contributed by atoms with van der Waals surface area (Å²) in [5, 5.41) is 6.41. The highest BCUT2D eigenvalue weighted by Gasteiger charge is 2.14.